The van der Waals surface area contributed by atoms with Crippen LogP contribution in [0, 0.1) is 0 Å². The lowest BCUT2D eigenvalue weighted by molar-refractivity contribution is 0.210. The first-order chi connectivity index (χ1) is 13.6. The van der Waals surface area contributed by atoms with E-state index in [2.05, 4.69) is 56.4 Å². The monoisotopic (exact) mass is 398 g/mol. The van der Waals surface area contributed by atoms with Crippen molar-refractivity contribution in [1.82, 2.24) is 25.0 Å². The lowest BCUT2D eigenvalue weighted by Crippen LogP contribution is -2.39. The van der Waals surface area contributed by atoms with Crippen molar-refractivity contribution in [3.63, 3.8) is 0 Å². The SMILES string of the molecule is CCN(CC)[C@@H](CNC(=O)Nc1ccc(-c2nncn2C)cc1)c1ccsc1. The summed E-state index contributed by atoms with van der Waals surface area (Å²) in [5.74, 6) is 0.786. The predicted octanol–water partition coefficient (Wildman–Crippen LogP) is 3.75. The number of hydrogen-bond acceptors (Lipinski definition) is 5. The fourth-order valence-corrected chi connectivity index (χ4v) is 3.91. The molecule has 0 aliphatic heterocycles. The Hall–Kier alpha value is -2.71. The average Bonchev–Trinajstić information content (AvgIpc) is 3.38. The number of benzene rings is 1. The van der Waals surface area contributed by atoms with Gasteiger partial charge in [-0.05, 0) is 59.7 Å². The van der Waals surface area contributed by atoms with Gasteiger partial charge in [-0.1, -0.05) is 13.8 Å². The van der Waals surface area contributed by atoms with Gasteiger partial charge in [-0.2, -0.15) is 11.3 Å². The van der Waals surface area contributed by atoms with Crippen LogP contribution < -0.4 is 10.6 Å². The van der Waals surface area contributed by atoms with E-state index >= 15 is 0 Å². The maximum atomic E-state index is 12.4. The quantitative estimate of drug-likeness (QED) is 0.606. The molecule has 0 aliphatic rings. The minimum absolute atomic E-state index is 0.172. The van der Waals surface area contributed by atoms with Gasteiger partial charge in [0.25, 0.3) is 0 Å². The van der Waals surface area contributed by atoms with Gasteiger partial charge in [0.1, 0.15) is 6.33 Å². The third-order valence-electron chi connectivity index (χ3n) is 4.75. The van der Waals surface area contributed by atoms with Gasteiger partial charge in [0, 0.05) is 24.8 Å². The minimum Gasteiger partial charge on any atom is -0.336 e. The fraction of sp³-hybridized carbons (Fsp3) is 0.350. The summed E-state index contributed by atoms with van der Waals surface area (Å²) < 4.78 is 1.85. The second-order valence-corrected chi connectivity index (χ2v) is 7.25. The molecule has 0 aliphatic carbocycles. The topological polar surface area (TPSA) is 75.1 Å². The molecule has 0 bridgehead atoms. The number of nitrogens with zero attached hydrogens (tertiary/aromatic N) is 4. The zero-order valence-corrected chi connectivity index (χ0v) is 17.2. The average molecular weight is 399 g/mol. The van der Waals surface area contributed by atoms with Crippen molar-refractivity contribution in [3.8, 4) is 11.4 Å². The Morgan fingerprint density at radius 1 is 1.21 bits per heavy atom. The molecule has 0 unspecified atom stereocenters. The van der Waals surface area contributed by atoms with Crippen LogP contribution in [-0.4, -0.2) is 45.3 Å². The van der Waals surface area contributed by atoms with Crippen molar-refractivity contribution in [1.29, 1.82) is 0 Å². The molecule has 0 radical (unpaired) electrons. The Labute approximate surface area is 169 Å². The normalized spacial score (nSPS) is 12.1. The van der Waals surface area contributed by atoms with Crippen LogP contribution in [0.4, 0.5) is 10.5 Å². The maximum absolute atomic E-state index is 12.4. The molecule has 2 amide bonds. The lowest BCUT2D eigenvalue weighted by Gasteiger charge is -2.29. The Bertz CT molecular complexity index is 871. The molecule has 0 saturated heterocycles. The third-order valence-corrected chi connectivity index (χ3v) is 5.45. The first-order valence-corrected chi connectivity index (χ1v) is 10.3. The molecule has 2 heterocycles. The molecule has 3 aromatic rings. The molecule has 0 saturated carbocycles. The standard InChI is InChI=1S/C20H26N6OS/c1-4-26(5-2)18(16-10-11-28-13-16)12-21-20(27)23-17-8-6-15(7-9-17)19-24-22-14-25(19)3/h6-11,13-14,18H,4-5,12H2,1-3H3,(H2,21,23,27)/t18-/m0/s1. The Kier molecular flexibility index (Phi) is 6.78. The van der Waals surface area contributed by atoms with Crippen LogP contribution in [0.2, 0.25) is 0 Å². The van der Waals surface area contributed by atoms with Crippen molar-refractivity contribution < 1.29 is 4.79 Å². The van der Waals surface area contributed by atoms with Crippen molar-refractivity contribution in [2.75, 3.05) is 25.0 Å². The van der Waals surface area contributed by atoms with Gasteiger partial charge >= 0.3 is 6.03 Å². The summed E-state index contributed by atoms with van der Waals surface area (Å²) in [6, 6.07) is 9.66. The summed E-state index contributed by atoms with van der Waals surface area (Å²) in [6.07, 6.45) is 1.66. The van der Waals surface area contributed by atoms with Gasteiger partial charge < -0.3 is 15.2 Å². The van der Waals surface area contributed by atoms with Gasteiger partial charge in [0.15, 0.2) is 5.82 Å². The zero-order chi connectivity index (χ0) is 19.9. The van der Waals surface area contributed by atoms with Crippen LogP contribution in [0.15, 0.2) is 47.4 Å². The highest BCUT2D eigenvalue weighted by Crippen LogP contribution is 2.22. The van der Waals surface area contributed by atoms with E-state index in [1.165, 1.54) is 5.56 Å². The molecular weight excluding hydrogens is 372 g/mol. The van der Waals surface area contributed by atoms with Gasteiger partial charge in [-0.25, -0.2) is 4.79 Å². The van der Waals surface area contributed by atoms with E-state index in [9.17, 15) is 4.79 Å². The fourth-order valence-electron chi connectivity index (χ4n) is 3.20. The van der Waals surface area contributed by atoms with Crippen molar-refractivity contribution in [3.05, 3.63) is 53.0 Å². The van der Waals surface area contributed by atoms with Gasteiger partial charge in [-0.15, -0.1) is 10.2 Å². The summed E-state index contributed by atoms with van der Waals surface area (Å²) in [7, 11) is 1.90. The molecule has 0 spiro atoms. The highest BCUT2D eigenvalue weighted by molar-refractivity contribution is 7.07. The van der Waals surface area contributed by atoms with Crippen molar-refractivity contribution >= 4 is 23.1 Å². The molecule has 2 aromatic heterocycles. The van der Waals surface area contributed by atoms with Crippen molar-refractivity contribution in [2.45, 2.75) is 19.9 Å². The first-order valence-electron chi connectivity index (χ1n) is 9.37. The second-order valence-electron chi connectivity index (χ2n) is 6.47. The van der Waals surface area contributed by atoms with E-state index in [0.717, 1.165) is 30.2 Å². The molecule has 7 nitrogen and oxygen atoms in total. The third kappa shape index (κ3) is 4.76. The molecule has 0 fully saturated rings. The summed E-state index contributed by atoms with van der Waals surface area (Å²) in [5, 5.41) is 18.1. The highest BCUT2D eigenvalue weighted by atomic mass is 32.1. The first kappa shape index (κ1) is 20.0. The number of likely N-dealkylation sites (N-methyl/N-ethyl adjacent to an activating group) is 1. The zero-order valence-electron chi connectivity index (χ0n) is 16.4. The highest BCUT2D eigenvalue weighted by Gasteiger charge is 2.19. The molecule has 3 rings (SSSR count). The smallest absolute Gasteiger partial charge is 0.319 e. The van der Waals surface area contributed by atoms with Crippen LogP contribution in [0.25, 0.3) is 11.4 Å². The molecule has 1 atom stereocenters. The number of amides is 2. The number of carbonyl (C=O) groups excluding carboxylic acids is 1. The lowest BCUT2D eigenvalue weighted by atomic mass is 10.1. The second kappa shape index (κ2) is 9.48. The summed E-state index contributed by atoms with van der Waals surface area (Å²) in [6.45, 7) is 6.71. The van der Waals surface area contributed by atoms with Gasteiger partial charge in [0.2, 0.25) is 0 Å². The van der Waals surface area contributed by atoms with E-state index in [1.54, 1.807) is 17.7 Å². The van der Waals surface area contributed by atoms with Crippen LogP contribution in [0.5, 0.6) is 0 Å². The van der Waals surface area contributed by atoms with Crippen LogP contribution in [-0.2, 0) is 7.05 Å². The molecule has 2 N–H and O–H groups in total. The number of urea groups is 1. The Balaban J connectivity index is 1.59. The number of hydrogen-bond donors (Lipinski definition) is 2. The molecule has 1 aromatic carbocycles. The number of carbonyl (C=O) groups is 1. The number of thiophene rings is 1. The summed E-state index contributed by atoms with van der Waals surface area (Å²) >= 11 is 1.68. The van der Waals surface area contributed by atoms with E-state index in [0.29, 0.717) is 6.54 Å². The summed E-state index contributed by atoms with van der Waals surface area (Å²) in [5.41, 5.74) is 2.92. The van der Waals surface area contributed by atoms with Crippen LogP contribution >= 0.6 is 11.3 Å². The summed E-state index contributed by atoms with van der Waals surface area (Å²) in [4.78, 5) is 14.7. The number of anilines is 1. The van der Waals surface area contributed by atoms with Crippen LogP contribution in [0.3, 0.4) is 0 Å². The molecule has 148 valence electrons. The number of aromatic nitrogens is 3. The van der Waals surface area contributed by atoms with Gasteiger partial charge in [0.05, 0.1) is 6.04 Å². The largest absolute Gasteiger partial charge is 0.336 e. The maximum Gasteiger partial charge on any atom is 0.319 e. The predicted molar refractivity (Wildman–Crippen MR) is 113 cm³/mol. The molecular formula is C20H26N6OS. The molecule has 28 heavy (non-hydrogen) atoms. The van der Waals surface area contributed by atoms with Crippen LogP contribution in [0.1, 0.15) is 25.5 Å². The van der Waals surface area contributed by atoms with E-state index < -0.39 is 0 Å². The van der Waals surface area contributed by atoms with E-state index in [-0.39, 0.29) is 12.1 Å². The number of aryl methyl sites for hydroxylation is 1. The van der Waals surface area contributed by atoms with E-state index in [1.807, 2.05) is 35.9 Å². The van der Waals surface area contributed by atoms with E-state index in [4.69, 9.17) is 0 Å². The molecule has 8 heteroatoms. The minimum atomic E-state index is -0.209. The van der Waals surface area contributed by atoms with Crippen molar-refractivity contribution in [2.24, 2.45) is 7.05 Å². The Morgan fingerprint density at radius 3 is 2.54 bits per heavy atom. The number of nitrogens with one attached hydrogen (secondary N) is 2. The number of rotatable bonds is 8. The van der Waals surface area contributed by atoms with Gasteiger partial charge in [-0.3, -0.25) is 4.90 Å². The Morgan fingerprint density at radius 2 is 1.96 bits per heavy atom.